The van der Waals surface area contributed by atoms with Gasteiger partial charge in [-0.3, -0.25) is 9.48 Å². The zero-order valence-corrected chi connectivity index (χ0v) is 15.3. The molecule has 0 saturated heterocycles. The first-order chi connectivity index (χ1) is 12.9. The molecule has 8 nitrogen and oxygen atoms in total. The van der Waals surface area contributed by atoms with Gasteiger partial charge in [0.15, 0.2) is 11.5 Å². The molecule has 3 aromatic rings. The molecule has 0 fully saturated rings. The number of aromatic carboxylic acids is 1. The van der Waals surface area contributed by atoms with Crippen LogP contribution >= 0.6 is 0 Å². The molecule has 1 aromatic carbocycles. The number of aryl methyl sites for hydroxylation is 2. The van der Waals surface area contributed by atoms with Crippen molar-refractivity contribution in [3.63, 3.8) is 0 Å². The number of hydrogen-bond donors (Lipinski definition) is 1. The Morgan fingerprint density at radius 3 is 2.81 bits per heavy atom. The number of carboxylic acid groups (broad SMARTS) is 1. The van der Waals surface area contributed by atoms with Crippen molar-refractivity contribution in [1.29, 1.82) is 0 Å². The van der Waals surface area contributed by atoms with Crippen molar-refractivity contribution in [1.82, 2.24) is 14.7 Å². The lowest BCUT2D eigenvalue weighted by atomic mass is 10.0. The fourth-order valence-corrected chi connectivity index (χ4v) is 3.62. The Bertz CT molecular complexity index is 1080. The van der Waals surface area contributed by atoms with Crippen molar-refractivity contribution in [3.05, 3.63) is 46.5 Å². The number of carbonyl (C=O) groups excluding carboxylic acids is 1. The summed E-state index contributed by atoms with van der Waals surface area (Å²) in [5.74, 6) is -0.427. The topological polar surface area (TPSA) is 97.8 Å². The van der Waals surface area contributed by atoms with Crippen LogP contribution < -0.4 is 4.74 Å². The van der Waals surface area contributed by atoms with Crippen LogP contribution in [-0.2, 0) is 20.0 Å². The summed E-state index contributed by atoms with van der Waals surface area (Å²) in [4.78, 5) is 26.1. The van der Waals surface area contributed by atoms with Crippen LogP contribution in [0.1, 0.15) is 37.9 Å². The van der Waals surface area contributed by atoms with Crippen molar-refractivity contribution in [3.8, 4) is 5.75 Å². The second kappa shape index (κ2) is 6.15. The maximum absolute atomic E-state index is 13.1. The highest BCUT2D eigenvalue weighted by molar-refractivity contribution is 5.99. The maximum Gasteiger partial charge on any atom is 0.356 e. The van der Waals surface area contributed by atoms with Gasteiger partial charge in [0.25, 0.3) is 5.91 Å². The molecule has 0 saturated carbocycles. The molecule has 0 atom stereocenters. The number of methoxy groups -OCH3 is 1. The lowest BCUT2D eigenvalue weighted by molar-refractivity contribution is 0.0666. The Balaban J connectivity index is 1.69. The third kappa shape index (κ3) is 2.64. The van der Waals surface area contributed by atoms with Gasteiger partial charge in [-0.05, 0) is 19.1 Å². The first-order valence-electron chi connectivity index (χ1n) is 8.55. The summed E-state index contributed by atoms with van der Waals surface area (Å²) < 4.78 is 12.6. The van der Waals surface area contributed by atoms with Crippen LogP contribution in [0.15, 0.2) is 22.6 Å². The van der Waals surface area contributed by atoms with Gasteiger partial charge in [-0.1, -0.05) is 0 Å². The predicted molar refractivity (Wildman–Crippen MR) is 96.1 cm³/mol. The van der Waals surface area contributed by atoms with Crippen molar-refractivity contribution in [2.75, 3.05) is 13.7 Å². The van der Waals surface area contributed by atoms with Crippen LogP contribution in [-0.4, -0.2) is 45.3 Å². The lowest BCUT2D eigenvalue weighted by Gasteiger charge is -2.26. The molecule has 0 aliphatic carbocycles. The molecule has 3 heterocycles. The molecule has 0 radical (unpaired) electrons. The number of nitrogens with zero attached hydrogens (tertiary/aromatic N) is 3. The molecule has 4 rings (SSSR count). The first kappa shape index (κ1) is 17.1. The number of aromatic nitrogens is 2. The highest BCUT2D eigenvalue weighted by Gasteiger charge is 2.31. The normalized spacial score (nSPS) is 13.7. The first-order valence-corrected chi connectivity index (χ1v) is 8.55. The van der Waals surface area contributed by atoms with Crippen LogP contribution in [0.25, 0.3) is 11.0 Å². The van der Waals surface area contributed by atoms with Crippen molar-refractivity contribution in [2.24, 2.45) is 7.05 Å². The number of furan rings is 1. The van der Waals surface area contributed by atoms with E-state index in [0.717, 1.165) is 16.6 Å². The number of fused-ring (bicyclic) bond motifs is 2. The summed E-state index contributed by atoms with van der Waals surface area (Å²) in [6.07, 6.45) is 0.547. The van der Waals surface area contributed by atoms with E-state index in [1.165, 1.54) is 0 Å². The number of carboxylic acids is 1. The van der Waals surface area contributed by atoms with E-state index in [0.29, 0.717) is 29.9 Å². The SMILES string of the molecule is COc1ccc2c(C)c(C(=O)N3CCc4c(c(C(=O)O)nn4C)C3)oc2c1. The molecule has 0 spiro atoms. The van der Waals surface area contributed by atoms with E-state index in [1.54, 1.807) is 29.8 Å². The van der Waals surface area contributed by atoms with Crippen LogP contribution in [0.4, 0.5) is 0 Å². The Morgan fingerprint density at radius 2 is 2.11 bits per heavy atom. The summed E-state index contributed by atoms with van der Waals surface area (Å²) in [5, 5.41) is 14.3. The van der Waals surface area contributed by atoms with E-state index in [9.17, 15) is 14.7 Å². The Kier molecular flexibility index (Phi) is 3.91. The standard InChI is InChI=1S/C19H19N3O5/c1-10-12-5-4-11(26-3)8-15(12)27-17(10)18(23)22-7-6-14-13(9-22)16(19(24)25)20-21(14)2/h4-5,8H,6-7,9H2,1-3H3,(H,24,25). The molecule has 0 unspecified atom stereocenters. The van der Waals surface area contributed by atoms with Crippen molar-refractivity contribution in [2.45, 2.75) is 19.9 Å². The van der Waals surface area contributed by atoms with Gasteiger partial charge in [-0.15, -0.1) is 0 Å². The van der Waals surface area contributed by atoms with E-state index in [1.807, 2.05) is 19.1 Å². The summed E-state index contributed by atoms with van der Waals surface area (Å²) >= 11 is 0. The Labute approximate surface area is 154 Å². The largest absolute Gasteiger partial charge is 0.497 e. The van der Waals surface area contributed by atoms with Gasteiger partial charge in [-0.2, -0.15) is 5.10 Å². The van der Waals surface area contributed by atoms with Crippen molar-refractivity contribution < 1.29 is 23.8 Å². The number of ether oxygens (including phenoxy) is 1. The molecule has 1 aliphatic rings. The summed E-state index contributed by atoms with van der Waals surface area (Å²) in [6, 6.07) is 5.43. The molecule has 1 aliphatic heterocycles. The average Bonchev–Trinajstić information content (AvgIpc) is 3.18. The van der Waals surface area contributed by atoms with Gasteiger partial charge >= 0.3 is 5.97 Å². The number of carbonyl (C=O) groups is 2. The van der Waals surface area contributed by atoms with E-state index in [2.05, 4.69) is 5.10 Å². The average molecular weight is 369 g/mol. The van der Waals surface area contributed by atoms with Crippen LogP contribution in [0.2, 0.25) is 0 Å². The van der Waals surface area contributed by atoms with E-state index >= 15 is 0 Å². The third-order valence-corrected chi connectivity index (χ3v) is 5.07. The minimum Gasteiger partial charge on any atom is -0.497 e. The maximum atomic E-state index is 13.1. The van der Waals surface area contributed by atoms with Gasteiger partial charge in [0, 0.05) is 48.3 Å². The summed E-state index contributed by atoms with van der Waals surface area (Å²) in [5.41, 5.74) is 2.77. The molecular weight excluding hydrogens is 350 g/mol. The minimum atomic E-state index is -1.09. The molecule has 1 N–H and O–H groups in total. The van der Waals surface area contributed by atoms with Gasteiger partial charge < -0.3 is 19.2 Å². The van der Waals surface area contributed by atoms with Gasteiger partial charge in [0.1, 0.15) is 11.3 Å². The second-order valence-corrected chi connectivity index (χ2v) is 6.60. The molecule has 8 heteroatoms. The van der Waals surface area contributed by atoms with Gasteiger partial charge in [-0.25, -0.2) is 4.79 Å². The van der Waals surface area contributed by atoms with Crippen LogP contribution in [0.3, 0.4) is 0 Å². The fourth-order valence-electron chi connectivity index (χ4n) is 3.62. The number of benzene rings is 1. The van der Waals surface area contributed by atoms with E-state index in [4.69, 9.17) is 9.15 Å². The van der Waals surface area contributed by atoms with E-state index in [-0.39, 0.29) is 23.9 Å². The highest BCUT2D eigenvalue weighted by atomic mass is 16.5. The smallest absolute Gasteiger partial charge is 0.356 e. The summed E-state index contributed by atoms with van der Waals surface area (Å²) in [7, 11) is 3.29. The molecule has 0 bridgehead atoms. The lowest BCUT2D eigenvalue weighted by Crippen LogP contribution is -2.36. The van der Waals surface area contributed by atoms with Crippen LogP contribution in [0.5, 0.6) is 5.75 Å². The molecule has 2 aromatic heterocycles. The van der Waals surface area contributed by atoms with Gasteiger partial charge in [0.2, 0.25) is 0 Å². The quantitative estimate of drug-likeness (QED) is 0.761. The molecular formula is C19H19N3O5. The molecule has 1 amide bonds. The zero-order chi connectivity index (χ0) is 19.3. The fraction of sp³-hybridized carbons (Fsp3) is 0.316. The van der Waals surface area contributed by atoms with Gasteiger partial charge in [0.05, 0.1) is 13.7 Å². The van der Waals surface area contributed by atoms with Crippen molar-refractivity contribution >= 4 is 22.8 Å². The van der Waals surface area contributed by atoms with Crippen LogP contribution in [0, 0.1) is 6.92 Å². The second-order valence-electron chi connectivity index (χ2n) is 6.60. The Hall–Kier alpha value is -3.29. The molecule has 27 heavy (non-hydrogen) atoms. The third-order valence-electron chi connectivity index (χ3n) is 5.07. The number of hydrogen-bond acceptors (Lipinski definition) is 5. The Morgan fingerprint density at radius 1 is 1.33 bits per heavy atom. The molecule has 140 valence electrons. The minimum absolute atomic E-state index is 0.00364. The number of rotatable bonds is 3. The zero-order valence-electron chi connectivity index (χ0n) is 15.3. The number of amides is 1. The highest BCUT2D eigenvalue weighted by Crippen LogP contribution is 2.31. The monoisotopic (exact) mass is 369 g/mol. The van der Waals surface area contributed by atoms with E-state index < -0.39 is 5.97 Å². The summed E-state index contributed by atoms with van der Waals surface area (Å²) in [6.45, 7) is 2.52. The predicted octanol–water partition coefficient (Wildman–Crippen LogP) is 2.38.